The molecule has 0 radical (unpaired) electrons. The summed E-state index contributed by atoms with van der Waals surface area (Å²) in [6.07, 6.45) is 1.03. The minimum atomic E-state index is -1.57. The molecule has 7 heteroatoms. The number of carbonyl (C=O) groups is 1. The Labute approximate surface area is 187 Å². The van der Waals surface area contributed by atoms with E-state index in [-0.39, 0.29) is 41.2 Å². The van der Waals surface area contributed by atoms with E-state index in [2.05, 4.69) is 0 Å². The monoisotopic (exact) mass is 442 g/mol. The summed E-state index contributed by atoms with van der Waals surface area (Å²) in [6, 6.07) is 7.11. The van der Waals surface area contributed by atoms with Crippen molar-refractivity contribution in [2.75, 3.05) is 0 Å². The zero-order valence-corrected chi connectivity index (χ0v) is 18.5. The number of allylic oxidation sites excluding steroid dienone is 2. The third kappa shape index (κ3) is 5.06. The first-order chi connectivity index (χ1) is 15.0. The molecule has 1 aliphatic heterocycles. The van der Waals surface area contributed by atoms with Crippen LogP contribution in [-0.2, 0) is 6.42 Å². The van der Waals surface area contributed by atoms with Crippen LogP contribution in [0.2, 0.25) is 0 Å². The maximum atomic E-state index is 12.9. The average molecular weight is 443 g/mol. The summed E-state index contributed by atoms with van der Waals surface area (Å²) in [7, 11) is 0. The van der Waals surface area contributed by atoms with Gasteiger partial charge in [0.2, 0.25) is 5.78 Å². The van der Waals surface area contributed by atoms with Crippen molar-refractivity contribution in [3.8, 4) is 23.0 Å². The van der Waals surface area contributed by atoms with E-state index in [0.717, 1.165) is 5.57 Å². The third-order valence-electron chi connectivity index (χ3n) is 5.77. The maximum Gasteiger partial charge on any atom is 0.202 e. The van der Waals surface area contributed by atoms with E-state index in [4.69, 9.17) is 4.74 Å². The molecule has 3 rings (SSSR count). The molecule has 2 aromatic carbocycles. The van der Waals surface area contributed by atoms with Crippen molar-refractivity contribution in [2.24, 2.45) is 0 Å². The fourth-order valence-electron chi connectivity index (χ4n) is 3.84. The van der Waals surface area contributed by atoms with Crippen LogP contribution in [0.3, 0.4) is 0 Å². The number of aliphatic hydroxyl groups is 2. The highest BCUT2D eigenvalue weighted by molar-refractivity contribution is 6.06. The molecule has 0 aromatic heterocycles. The molecule has 1 aliphatic rings. The predicted molar refractivity (Wildman–Crippen MR) is 119 cm³/mol. The molecule has 0 saturated carbocycles. The number of aliphatic hydroxyl groups excluding tert-OH is 1. The number of carbonyl (C=O) groups excluding carboxylic acids is 1. The Morgan fingerprint density at radius 2 is 1.78 bits per heavy atom. The first kappa shape index (κ1) is 23.6. The number of rotatable bonds is 7. The number of ether oxygens (including phenoxy) is 1. The minimum Gasteiger partial charge on any atom is -0.508 e. The Morgan fingerprint density at radius 1 is 1.12 bits per heavy atom. The number of benzene rings is 2. The minimum absolute atomic E-state index is 0.0300. The molecule has 0 unspecified atom stereocenters. The van der Waals surface area contributed by atoms with Gasteiger partial charge in [0.15, 0.2) is 12.2 Å². The normalized spacial score (nSPS) is 19.6. The van der Waals surface area contributed by atoms with Crippen molar-refractivity contribution < 1.29 is 35.1 Å². The van der Waals surface area contributed by atoms with Gasteiger partial charge in [-0.25, -0.2) is 0 Å². The highest BCUT2D eigenvalue weighted by Crippen LogP contribution is 2.45. The summed E-state index contributed by atoms with van der Waals surface area (Å²) >= 11 is 0. The number of ketones is 1. The van der Waals surface area contributed by atoms with Crippen LogP contribution in [0.4, 0.5) is 0 Å². The number of Topliss-reactive ketones (excluding diaryl/α,β-unsaturated/α-hetero) is 1. The van der Waals surface area contributed by atoms with Crippen LogP contribution in [0.1, 0.15) is 67.6 Å². The molecule has 2 aromatic rings. The largest absolute Gasteiger partial charge is 0.508 e. The van der Waals surface area contributed by atoms with Gasteiger partial charge in [0, 0.05) is 11.6 Å². The van der Waals surface area contributed by atoms with Gasteiger partial charge in [0.25, 0.3) is 0 Å². The summed E-state index contributed by atoms with van der Waals surface area (Å²) < 4.78 is 5.75. The van der Waals surface area contributed by atoms with Crippen molar-refractivity contribution in [1.29, 1.82) is 0 Å². The lowest BCUT2D eigenvalue weighted by Gasteiger charge is -2.31. The Kier molecular flexibility index (Phi) is 6.81. The smallest absolute Gasteiger partial charge is 0.202 e. The quantitative estimate of drug-likeness (QED) is 0.411. The second kappa shape index (κ2) is 9.22. The zero-order chi connectivity index (χ0) is 23.6. The molecular formula is C25H30O7. The van der Waals surface area contributed by atoms with Crippen LogP contribution >= 0.6 is 0 Å². The standard InChI is InChI=1S/C25H30O7/c1-14(2)5-4-11-25(3,31)12-10-17-18(27)13-19-20(21(17)28)22(29)23(30)24(32-19)15-6-8-16(26)9-7-15/h5-9,13,23-24,26-28,30-31H,4,10-12H2,1-3H3/t23-,24+,25+/m0/s1. The summed E-state index contributed by atoms with van der Waals surface area (Å²) in [5.74, 6) is -1.43. The van der Waals surface area contributed by atoms with Gasteiger partial charge in [-0.1, -0.05) is 23.8 Å². The Balaban J connectivity index is 1.84. The first-order valence-corrected chi connectivity index (χ1v) is 10.6. The summed E-state index contributed by atoms with van der Waals surface area (Å²) in [4.78, 5) is 12.9. The lowest BCUT2D eigenvalue weighted by molar-refractivity contribution is 0.0210. The third-order valence-corrected chi connectivity index (χ3v) is 5.77. The molecule has 5 N–H and O–H groups in total. The van der Waals surface area contributed by atoms with E-state index in [1.807, 2.05) is 19.9 Å². The summed E-state index contributed by atoms with van der Waals surface area (Å²) in [5.41, 5.74) is 0.534. The van der Waals surface area contributed by atoms with E-state index in [1.54, 1.807) is 6.92 Å². The van der Waals surface area contributed by atoms with Crippen LogP contribution < -0.4 is 4.74 Å². The Morgan fingerprint density at radius 3 is 2.41 bits per heavy atom. The fourth-order valence-corrected chi connectivity index (χ4v) is 3.84. The lowest BCUT2D eigenvalue weighted by atomic mass is 9.88. The number of phenolic OH excluding ortho intramolecular Hbond substituents is 3. The second-order valence-electron chi connectivity index (χ2n) is 8.85. The molecule has 0 fully saturated rings. The SMILES string of the molecule is CC(C)=CCC[C@@](C)(O)CCc1c(O)cc2c(c1O)C(=O)[C@H](O)[C@@H](c1ccc(O)cc1)O2. The number of hydrogen-bond acceptors (Lipinski definition) is 7. The number of phenols is 3. The van der Waals surface area contributed by atoms with Gasteiger partial charge in [-0.15, -0.1) is 0 Å². The summed E-state index contributed by atoms with van der Waals surface area (Å²) in [5, 5.41) is 51.9. The van der Waals surface area contributed by atoms with E-state index in [0.29, 0.717) is 18.4 Å². The first-order valence-electron chi connectivity index (χ1n) is 10.6. The molecule has 7 nitrogen and oxygen atoms in total. The Hall–Kier alpha value is -3.03. The molecule has 0 aliphatic carbocycles. The molecule has 172 valence electrons. The summed E-state index contributed by atoms with van der Waals surface area (Å²) in [6.45, 7) is 5.66. The highest BCUT2D eigenvalue weighted by Gasteiger charge is 2.40. The van der Waals surface area contributed by atoms with Gasteiger partial charge < -0.3 is 30.3 Å². The number of fused-ring (bicyclic) bond motifs is 1. The van der Waals surface area contributed by atoms with E-state index in [9.17, 15) is 30.3 Å². The molecule has 32 heavy (non-hydrogen) atoms. The van der Waals surface area contributed by atoms with Gasteiger partial charge >= 0.3 is 0 Å². The van der Waals surface area contributed by atoms with Gasteiger partial charge in [-0.05, 0) is 64.2 Å². The number of aromatic hydroxyl groups is 3. The van der Waals surface area contributed by atoms with Crippen molar-refractivity contribution >= 4 is 5.78 Å². The van der Waals surface area contributed by atoms with Gasteiger partial charge in [-0.3, -0.25) is 4.79 Å². The lowest BCUT2D eigenvalue weighted by Crippen LogP contribution is -2.36. The molecular weight excluding hydrogens is 412 g/mol. The van der Waals surface area contributed by atoms with Crippen molar-refractivity contribution in [2.45, 2.75) is 64.3 Å². The van der Waals surface area contributed by atoms with Crippen LogP contribution in [0, 0.1) is 0 Å². The van der Waals surface area contributed by atoms with Gasteiger partial charge in [0.1, 0.15) is 28.6 Å². The van der Waals surface area contributed by atoms with Crippen LogP contribution in [0.5, 0.6) is 23.0 Å². The fraction of sp³-hybridized carbons (Fsp3) is 0.400. The van der Waals surface area contributed by atoms with Crippen molar-refractivity contribution in [1.82, 2.24) is 0 Å². The van der Waals surface area contributed by atoms with E-state index < -0.39 is 29.3 Å². The van der Waals surface area contributed by atoms with Crippen molar-refractivity contribution in [3.63, 3.8) is 0 Å². The van der Waals surface area contributed by atoms with Crippen molar-refractivity contribution in [3.05, 3.63) is 58.7 Å². The Bertz CT molecular complexity index is 1020. The zero-order valence-electron chi connectivity index (χ0n) is 18.5. The van der Waals surface area contributed by atoms with E-state index in [1.165, 1.54) is 30.3 Å². The number of hydrogen-bond donors (Lipinski definition) is 5. The van der Waals surface area contributed by atoms with Crippen LogP contribution in [0.15, 0.2) is 42.0 Å². The molecule has 0 spiro atoms. The molecule has 0 bridgehead atoms. The van der Waals surface area contributed by atoms with E-state index >= 15 is 0 Å². The predicted octanol–water partition coefficient (Wildman–Crippen LogP) is 3.91. The maximum absolute atomic E-state index is 12.9. The van der Waals surface area contributed by atoms with Crippen LogP contribution in [-0.4, -0.2) is 43.0 Å². The molecule has 0 amide bonds. The van der Waals surface area contributed by atoms with Crippen LogP contribution in [0.25, 0.3) is 0 Å². The molecule has 0 saturated heterocycles. The second-order valence-corrected chi connectivity index (χ2v) is 8.85. The topological polar surface area (TPSA) is 127 Å². The molecule has 1 heterocycles. The van der Waals surface area contributed by atoms with Gasteiger partial charge in [0.05, 0.1) is 5.60 Å². The molecule has 3 atom stereocenters. The average Bonchev–Trinajstić information content (AvgIpc) is 2.70. The highest BCUT2D eigenvalue weighted by atomic mass is 16.5. The van der Waals surface area contributed by atoms with Gasteiger partial charge in [-0.2, -0.15) is 0 Å².